The quantitative estimate of drug-likeness (QED) is 0.599. The maximum Gasteiger partial charge on any atom is 0.0464 e. The summed E-state index contributed by atoms with van der Waals surface area (Å²) in [5.74, 6) is 1.33. The molecular formula is C8H16O. The van der Waals surface area contributed by atoms with Gasteiger partial charge in [-0.25, -0.2) is 0 Å². The van der Waals surface area contributed by atoms with Crippen molar-refractivity contribution in [2.45, 2.75) is 27.2 Å². The van der Waals surface area contributed by atoms with E-state index in [9.17, 15) is 0 Å². The smallest absolute Gasteiger partial charge is 0.0464 e. The summed E-state index contributed by atoms with van der Waals surface area (Å²) in [7, 11) is 0. The summed E-state index contributed by atoms with van der Waals surface area (Å²) < 4.78 is 0. The Morgan fingerprint density at radius 1 is 1.67 bits per heavy atom. The van der Waals surface area contributed by atoms with Gasteiger partial charge in [0.1, 0.15) is 0 Å². The molecule has 2 atom stereocenters. The normalized spacial score (nSPS) is 41.7. The zero-order valence-corrected chi connectivity index (χ0v) is 6.52. The SMILES string of the molecule is CC(C)C1(C)CC1CO. The molecule has 0 aliphatic heterocycles. The molecule has 0 spiro atoms. The van der Waals surface area contributed by atoms with Gasteiger partial charge in [-0.1, -0.05) is 20.8 Å². The number of aliphatic hydroxyl groups is 1. The minimum atomic E-state index is 0.384. The summed E-state index contributed by atoms with van der Waals surface area (Å²) in [5.41, 5.74) is 0.467. The molecule has 1 fully saturated rings. The Kier molecular flexibility index (Phi) is 1.55. The van der Waals surface area contributed by atoms with Crippen LogP contribution in [0.25, 0.3) is 0 Å². The van der Waals surface area contributed by atoms with Crippen molar-refractivity contribution in [3.8, 4) is 0 Å². The Bertz CT molecular complexity index is 109. The Labute approximate surface area is 57.1 Å². The molecule has 2 unspecified atom stereocenters. The standard InChI is InChI=1S/C8H16O/c1-6(2)8(3)4-7(8)5-9/h6-7,9H,4-5H2,1-3H3. The lowest BCUT2D eigenvalue weighted by Gasteiger charge is -2.13. The highest BCUT2D eigenvalue weighted by Crippen LogP contribution is 2.56. The molecular weight excluding hydrogens is 112 g/mol. The fraction of sp³-hybridized carbons (Fsp3) is 1.00. The van der Waals surface area contributed by atoms with E-state index in [1.54, 1.807) is 0 Å². The molecule has 0 amide bonds. The van der Waals surface area contributed by atoms with E-state index in [4.69, 9.17) is 5.11 Å². The van der Waals surface area contributed by atoms with Crippen molar-refractivity contribution in [3.05, 3.63) is 0 Å². The predicted molar refractivity (Wildman–Crippen MR) is 38.1 cm³/mol. The summed E-state index contributed by atoms with van der Waals surface area (Å²) in [6.07, 6.45) is 1.22. The monoisotopic (exact) mass is 128 g/mol. The second-order valence-electron chi connectivity index (χ2n) is 3.74. The van der Waals surface area contributed by atoms with E-state index in [1.165, 1.54) is 6.42 Å². The van der Waals surface area contributed by atoms with Crippen LogP contribution in [0.5, 0.6) is 0 Å². The maximum absolute atomic E-state index is 8.79. The zero-order chi connectivity index (χ0) is 7.07. The Balaban J connectivity index is 2.42. The lowest BCUT2D eigenvalue weighted by atomic mass is 9.92. The van der Waals surface area contributed by atoms with Crippen molar-refractivity contribution in [2.75, 3.05) is 6.61 Å². The van der Waals surface area contributed by atoms with Crippen LogP contribution in [0.3, 0.4) is 0 Å². The third kappa shape index (κ3) is 0.983. The second kappa shape index (κ2) is 1.98. The minimum absolute atomic E-state index is 0.384. The second-order valence-corrected chi connectivity index (χ2v) is 3.74. The van der Waals surface area contributed by atoms with Gasteiger partial charge in [0.15, 0.2) is 0 Å². The van der Waals surface area contributed by atoms with Crippen molar-refractivity contribution in [1.29, 1.82) is 0 Å². The molecule has 0 saturated heterocycles. The molecule has 54 valence electrons. The van der Waals surface area contributed by atoms with Gasteiger partial charge in [-0.15, -0.1) is 0 Å². The highest BCUT2D eigenvalue weighted by Gasteiger charge is 2.51. The number of aliphatic hydroxyl groups excluding tert-OH is 1. The topological polar surface area (TPSA) is 20.2 Å². The number of hydrogen-bond donors (Lipinski definition) is 1. The van der Waals surface area contributed by atoms with Gasteiger partial charge in [0.25, 0.3) is 0 Å². The van der Waals surface area contributed by atoms with Crippen LogP contribution in [0.1, 0.15) is 27.2 Å². The molecule has 1 aliphatic carbocycles. The molecule has 1 heteroatoms. The van der Waals surface area contributed by atoms with E-state index in [2.05, 4.69) is 20.8 Å². The average Bonchev–Trinajstić information content (AvgIpc) is 2.44. The summed E-state index contributed by atoms with van der Waals surface area (Å²) in [6, 6.07) is 0. The Morgan fingerprint density at radius 2 is 2.22 bits per heavy atom. The van der Waals surface area contributed by atoms with Gasteiger partial charge >= 0.3 is 0 Å². The maximum atomic E-state index is 8.79. The molecule has 9 heavy (non-hydrogen) atoms. The first kappa shape index (κ1) is 7.07. The fourth-order valence-corrected chi connectivity index (χ4v) is 1.45. The van der Waals surface area contributed by atoms with Crippen LogP contribution in [0.15, 0.2) is 0 Å². The van der Waals surface area contributed by atoms with Crippen molar-refractivity contribution in [2.24, 2.45) is 17.3 Å². The summed E-state index contributed by atoms with van der Waals surface area (Å²) in [5, 5.41) is 8.79. The van der Waals surface area contributed by atoms with Gasteiger partial charge in [-0.05, 0) is 23.7 Å². The van der Waals surface area contributed by atoms with Crippen molar-refractivity contribution < 1.29 is 5.11 Å². The molecule has 1 aliphatic rings. The molecule has 1 N–H and O–H groups in total. The molecule has 0 aromatic rings. The van der Waals surface area contributed by atoms with E-state index in [-0.39, 0.29) is 0 Å². The van der Waals surface area contributed by atoms with Crippen LogP contribution in [0.4, 0.5) is 0 Å². The predicted octanol–water partition coefficient (Wildman–Crippen LogP) is 1.66. The van der Waals surface area contributed by atoms with Crippen molar-refractivity contribution >= 4 is 0 Å². The van der Waals surface area contributed by atoms with Crippen molar-refractivity contribution in [1.82, 2.24) is 0 Å². The van der Waals surface area contributed by atoms with Crippen LogP contribution in [0.2, 0.25) is 0 Å². The van der Waals surface area contributed by atoms with E-state index < -0.39 is 0 Å². The molecule has 0 aromatic carbocycles. The summed E-state index contributed by atoms with van der Waals surface area (Å²) >= 11 is 0. The lowest BCUT2D eigenvalue weighted by molar-refractivity contribution is 0.233. The van der Waals surface area contributed by atoms with Crippen LogP contribution in [0, 0.1) is 17.3 Å². The Morgan fingerprint density at radius 3 is 2.33 bits per heavy atom. The summed E-state index contributed by atoms with van der Waals surface area (Å²) in [4.78, 5) is 0. The van der Waals surface area contributed by atoms with Crippen LogP contribution in [-0.2, 0) is 0 Å². The lowest BCUT2D eigenvalue weighted by Crippen LogP contribution is -2.08. The fourth-order valence-electron chi connectivity index (χ4n) is 1.45. The summed E-state index contributed by atoms with van der Waals surface area (Å²) in [6.45, 7) is 7.11. The third-order valence-corrected chi connectivity index (χ3v) is 3.00. The van der Waals surface area contributed by atoms with Crippen molar-refractivity contribution in [3.63, 3.8) is 0 Å². The third-order valence-electron chi connectivity index (χ3n) is 3.00. The van der Waals surface area contributed by atoms with Crippen LogP contribution in [-0.4, -0.2) is 11.7 Å². The molecule has 1 nitrogen and oxygen atoms in total. The first-order valence-corrected chi connectivity index (χ1v) is 3.72. The molecule has 1 rings (SSSR count). The first-order valence-electron chi connectivity index (χ1n) is 3.72. The van der Waals surface area contributed by atoms with E-state index in [1.807, 2.05) is 0 Å². The van der Waals surface area contributed by atoms with E-state index >= 15 is 0 Å². The van der Waals surface area contributed by atoms with Gasteiger partial charge in [-0.3, -0.25) is 0 Å². The number of rotatable bonds is 2. The van der Waals surface area contributed by atoms with Gasteiger partial charge < -0.3 is 5.11 Å². The van der Waals surface area contributed by atoms with Gasteiger partial charge in [-0.2, -0.15) is 0 Å². The van der Waals surface area contributed by atoms with E-state index in [0.29, 0.717) is 17.9 Å². The van der Waals surface area contributed by atoms with Crippen LogP contribution < -0.4 is 0 Å². The molecule has 0 bridgehead atoms. The largest absolute Gasteiger partial charge is 0.396 e. The van der Waals surface area contributed by atoms with Gasteiger partial charge in [0.05, 0.1) is 0 Å². The first-order chi connectivity index (χ1) is 4.11. The molecule has 0 aromatic heterocycles. The van der Waals surface area contributed by atoms with E-state index in [0.717, 1.165) is 5.92 Å². The number of hydrogen-bond acceptors (Lipinski definition) is 1. The zero-order valence-electron chi connectivity index (χ0n) is 6.52. The average molecular weight is 128 g/mol. The highest BCUT2D eigenvalue weighted by atomic mass is 16.3. The minimum Gasteiger partial charge on any atom is -0.396 e. The molecule has 0 radical (unpaired) electrons. The molecule has 1 saturated carbocycles. The molecule has 0 heterocycles. The Hall–Kier alpha value is -0.0400. The van der Waals surface area contributed by atoms with Crippen LogP contribution >= 0.6 is 0 Å². The van der Waals surface area contributed by atoms with Gasteiger partial charge in [0, 0.05) is 6.61 Å². The highest BCUT2D eigenvalue weighted by molar-refractivity contribution is 5.00. The van der Waals surface area contributed by atoms with Gasteiger partial charge in [0.2, 0.25) is 0 Å².